The van der Waals surface area contributed by atoms with Crippen molar-refractivity contribution in [3.05, 3.63) is 18.2 Å². The lowest BCUT2D eigenvalue weighted by molar-refractivity contribution is -0.147. The van der Waals surface area contributed by atoms with Gasteiger partial charge in [-0.25, -0.2) is 4.79 Å². The highest BCUT2D eigenvalue weighted by atomic mass is 16.6. The molecule has 1 aromatic carbocycles. The largest absolute Gasteiger partial charge is 0.482 e. The smallest absolute Gasteiger partial charge is 0.344 e. The molecule has 0 spiro atoms. The number of amides is 1. The van der Waals surface area contributed by atoms with Crippen molar-refractivity contribution in [3.63, 3.8) is 0 Å². The quantitative estimate of drug-likeness (QED) is 0.596. The second kappa shape index (κ2) is 7.49. The van der Waals surface area contributed by atoms with Crippen LogP contribution in [0.25, 0.3) is 0 Å². The van der Waals surface area contributed by atoms with E-state index < -0.39 is 5.97 Å². The lowest BCUT2D eigenvalue weighted by Crippen LogP contribution is -2.25. The molecular weight excluding hydrogens is 278 g/mol. The molecule has 1 amide bonds. The minimum absolute atomic E-state index is 0.000634. The molecule has 0 radical (unpaired) electrons. The number of hydrogen-bond acceptors (Lipinski definition) is 6. The van der Waals surface area contributed by atoms with Crippen LogP contribution in [-0.2, 0) is 19.1 Å². The molecule has 0 bridgehead atoms. The van der Waals surface area contributed by atoms with Gasteiger partial charge in [0.1, 0.15) is 18.1 Å². The highest BCUT2D eigenvalue weighted by molar-refractivity contribution is 5.95. The molecule has 0 saturated heterocycles. The Morgan fingerprint density at radius 1 is 1.38 bits per heavy atom. The predicted molar refractivity (Wildman–Crippen MR) is 73.5 cm³/mol. The summed E-state index contributed by atoms with van der Waals surface area (Å²) in [6, 6.07) is 4.92. The van der Waals surface area contributed by atoms with Gasteiger partial charge in [0, 0.05) is 12.7 Å². The number of hydrogen-bond donors (Lipinski definition) is 1. The highest BCUT2D eigenvalue weighted by Crippen LogP contribution is 2.31. The zero-order valence-electron chi connectivity index (χ0n) is 11.7. The Labute approximate surface area is 122 Å². The Hall–Kier alpha value is -2.28. The van der Waals surface area contributed by atoms with E-state index in [0.29, 0.717) is 30.4 Å². The summed E-state index contributed by atoms with van der Waals surface area (Å²) in [7, 11) is 0. The fourth-order valence-electron chi connectivity index (χ4n) is 1.69. The third kappa shape index (κ3) is 4.64. The van der Waals surface area contributed by atoms with E-state index in [9.17, 15) is 9.59 Å². The third-order valence-corrected chi connectivity index (χ3v) is 2.64. The van der Waals surface area contributed by atoms with E-state index in [-0.39, 0.29) is 25.7 Å². The normalized spacial score (nSPS) is 12.9. The van der Waals surface area contributed by atoms with Crippen molar-refractivity contribution in [1.82, 2.24) is 0 Å². The van der Waals surface area contributed by atoms with Crippen LogP contribution in [0.15, 0.2) is 18.2 Å². The van der Waals surface area contributed by atoms with E-state index in [1.54, 1.807) is 18.2 Å². The summed E-state index contributed by atoms with van der Waals surface area (Å²) < 4.78 is 20.5. The minimum atomic E-state index is -0.479. The number of benzene rings is 1. The van der Waals surface area contributed by atoms with E-state index in [0.717, 1.165) is 0 Å². The number of esters is 1. The van der Waals surface area contributed by atoms with Crippen molar-refractivity contribution in [3.8, 4) is 11.5 Å². The van der Waals surface area contributed by atoms with Crippen LogP contribution in [-0.4, -0.2) is 44.9 Å². The molecule has 1 aliphatic heterocycles. The Morgan fingerprint density at radius 3 is 3.05 bits per heavy atom. The van der Waals surface area contributed by atoms with Crippen molar-refractivity contribution in [2.45, 2.75) is 6.92 Å². The molecule has 0 atom stereocenters. The van der Waals surface area contributed by atoms with Crippen LogP contribution in [0.4, 0.5) is 5.69 Å². The number of rotatable bonds is 7. The van der Waals surface area contributed by atoms with Crippen molar-refractivity contribution in [1.29, 1.82) is 0 Å². The maximum absolute atomic E-state index is 11.4. The third-order valence-electron chi connectivity index (χ3n) is 2.64. The van der Waals surface area contributed by atoms with Crippen molar-refractivity contribution < 1.29 is 28.5 Å². The van der Waals surface area contributed by atoms with Crippen molar-refractivity contribution >= 4 is 17.6 Å². The minimum Gasteiger partial charge on any atom is -0.482 e. The Bertz CT molecular complexity index is 516. The van der Waals surface area contributed by atoms with Gasteiger partial charge in [-0.1, -0.05) is 0 Å². The molecule has 0 aromatic heterocycles. The van der Waals surface area contributed by atoms with Gasteiger partial charge in [-0.05, 0) is 19.1 Å². The molecule has 7 heteroatoms. The molecule has 0 unspecified atom stereocenters. The predicted octanol–water partition coefficient (Wildman–Crippen LogP) is 0.976. The SMILES string of the molecule is CCOCCOC(=O)COc1ccc2c(c1)NC(=O)CO2. The fraction of sp³-hybridized carbons (Fsp3) is 0.429. The molecule has 0 saturated carbocycles. The second-order valence-corrected chi connectivity index (χ2v) is 4.20. The first-order valence-corrected chi connectivity index (χ1v) is 6.62. The van der Waals surface area contributed by atoms with Crippen LogP contribution in [0.2, 0.25) is 0 Å². The zero-order chi connectivity index (χ0) is 15.1. The molecule has 7 nitrogen and oxygen atoms in total. The molecule has 1 heterocycles. The van der Waals surface area contributed by atoms with E-state index in [1.165, 1.54) is 0 Å². The second-order valence-electron chi connectivity index (χ2n) is 4.20. The summed E-state index contributed by atoms with van der Waals surface area (Å²) >= 11 is 0. The summed E-state index contributed by atoms with van der Waals surface area (Å²) in [6.07, 6.45) is 0. The summed E-state index contributed by atoms with van der Waals surface area (Å²) in [5.74, 6) is 0.310. The summed E-state index contributed by atoms with van der Waals surface area (Å²) in [4.78, 5) is 22.6. The van der Waals surface area contributed by atoms with E-state index >= 15 is 0 Å². The van der Waals surface area contributed by atoms with Gasteiger partial charge in [0.25, 0.3) is 5.91 Å². The Morgan fingerprint density at radius 2 is 2.24 bits per heavy atom. The number of fused-ring (bicyclic) bond motifs is 1. The van der Waals surface area contributed by atoms with E-state index in [1.807, 2.05) is 6.92 Å². The Kier molecular flexibility index (Phi) is 5.39. The van der Waals surface area contributed by atoms with Gasteiger partial charge in [-0.15, -0.1) is 0 Å². The summed E-state index contributed by atoms with van der Waals surface area (Å²) in [5.41, 5.74) is 0.522. The van der Waals surface area contributed by atoms with Crippen LogP contribution < -0.4 is 14.8 Å². The lowest BCUT2D eigenvalue weighted by Gasteiger charge is -2.18. The molecule has 1 aliphatic rings. The average molecular weight is 295 g/mol. The molecule has 21 heavy (non-hydrogen) atoms. The maximum Gasteiger partial charge on any atom is 0.344 e. The number of nitrogens with one attached hydrogen (secondary N) is 1. The maximum atomic E-state index is 11.4. The molecule has 1 aromatic rings. The molecular formula is C14H17NO6. The topological polar surface area (TPSA) is 83.1 Å². The first-order chi connectivity index (χ1) is 10.2. The number of carbonyl (C=O) groups is 2. The number of carbonyl (C=O) groups excluding carboxylic acids is 2. The van der Waals surface area contributed by atoms with Gasteiger partial charge in [0.2, 0.25) is 0 Å². The van der Waals surface area contributed by atoms with Gasteiger partial charge in [0.15, 0.2) is 13.2 Å². The lowest BCUT2D eigenvalue weighted by atomic mass is 10.2. The van der Waals surface area contributed by atoms with Gasteiger partial charge < -0.3 is 24.3 Å². The zero-order valence-corrected chi connectivity index (χ0v) is 11.7. The number of ether oxygens (including phenoxy) is 4. The van der Waals surface area contributed by atoms with Crippen molar-refractivity contribution in [2.24, 2.45) is 0 Å². The Balaban J connectivity index is 1.79. The first kappa shape index (κ1) is 15.1. The molecule has 114 valence electrons. The van der Waals surface area contributed by atoms with Crippen LogP contribution in [0.5, 0.6) is 11.5 Å². The summed E-state index contributed by atoms with van der Waals surface area (Å²) in [5, 5.41) is 2.66. The molecule has 0 aliphatic carbocycles. The van der Waals surface area contributed by atoms with Crippen LogP contribution >= 0.6 is 0 Å². The first-order valence-electron chi connectivity index (χ1n) is 6.62. The van der Waals surface area contributed by atoms with Crippen molar-refractivity contribution in [2.75, 3.05) is 38.4 Å². The molecule has 0 fully saturated rings. The van der Waals surface area contributed by atoms with Crippen LogP contribution in [0.1, 0.15) is 6.92 Å². The number of anilines is 1. The van der Waals surface area contributed by atoms with Gasteiger partial charge in [-0.2, -0.15) is 0 Å². The standard InChI is InChI=1S/C14H17NO6/c1-2-18-5-6-19-14(17)9-20-10-3-4-12-11(7-10)15-13(16)8-21-12/h3-4,7H,2,5-6,8-9H2,1H3,(H,15,16). The fourth-order valence-corrected chi connectivity index (χ4v) is 1.69. The highest BCUT2D eigenvalue weighted by Gasteiger charge is 2.16. The van der Waals surface area contributed by atoms with Gasteiger partial charge in [-0.3, -0.25) is 4.79 Å². The van der Waals surface area contributed by atoms with Gasteiger partial charge in [0.05, 0.1) is 12.3 Å². The van der Waals surface area contributed by atoms with Crippen LogP contribution in [0, 0.1) is 0 Å². The monoisotopic (exact) mass is 295 g/mol. The average Bonchev–Trinajstić information content (AvgIpc) is 2.49. The van der Waals surface area contributed by atoms with Crippen LogP contribution in [0.3, 0.4) is 0 Å². The molecule has 2 rings (SSSR count). The molecule has 1 N–H and O–H groups in total. The van der Waals surface area contributed by atoms with E-state index in [2.05, 4.69) is 5.32 Å². The van der Waals surface area contributed by atoms with E-state index in [4.69, 9.17) is 18.9 Å². The van der Waals surface area contributed by atoms with Gasteiger partial charge >= 0.3 is 5.97 Å². The summed E-state index contributed by atoms with van der Waals surface area (Å²) in [6.45, 7) is 2.80.